The van der Waals surface area contributed by atoms with Crippen molar-refractivity contribution in [2.75, 3.05) is 0 Å². The maximum absolute atomic E-state index is 5.50. The molecule has 0 fully saturated rings. The Morgan fingerprint density at radius 1 is 1.20 bits per heavy atom. The lowest BCUT2D eigenvalue weighted by Crippen LogP contribution is -2.22. The van der Waals surface area contributed by atoms with E-state index in [4.69, 9.17) is 13.3 Å². The van der Waals surface area contributed by atoms with Gasteiger partial charge >= 0.3 is 8.60 Å². The zero-order chi connectivity index (χ0) is 7.61. The van der Waals surface area contributed by atoms with Gasteiger partial charge in [0.1, 0.15) is 12.5 Å². The largest absolute Gasteiger partial charge is 0.451 e. The van der Waals surface area contributed by atoms with Crippen LogP contribution < -0.4 is 0 Å². The first-order chi connectivity index (χ1) is 4.58. The molecule has 1 heterocycles. The average Bonchev–Trinajstić information content (AvgIpc) is 2.12. The SMILES string of the molecule is C[Si](C)(C)OP1OC=CO1. The van der Waals surface area contributed by atoms with E-state index in [-0.39, 0.29) is 0 Å². The van der Waals surface area contributed by atoms with E-state index >= 15 is 0 Å². The third-order valence-electron chi connectivity index (χ3n) is 0.698. The molecule has 0 saturated carbocycles. The Hall–Kier alpha value is -0.0531. The van der Waals surface area contributed by atoms with E-state index in [1.54, 1.807) is 0 Å². The van der Waals surface area contributed by atoms with Crippen molar-refractivity contribution in [3.8, 4) is 0 Å². The molecular weight excluding hydrogens is 167 g/mol. The molecule has 0 amide bonds. The predicted molar refractivity (Wildman–Crippen MR) is 42.7 cm³/mol. The van der Waals surface area contributed by atoms with E-state index in [1.165, 1.54) is 12.5 Å². The normalized spacial score (nSPS) is 18.7. The Bertz CT molecular complexity index is 134. The summed E-state index contributed by atoms with van der Waals surface area (Å²) in [7, 11) is -2.57. The van der Waals surface area contributed by atoms with Crippen molar-refractivity contribution in [1.29, 1.82) is 0 Å². The van der Waals surface area contributed by atoms with E-state index in [2.05, 4.69) is 19.6 Å². The summed E-state index contributed by atoms with van der Waals surface area (Å²) in [5.41, 5.74) is 0. The molecule has 0 saturated heterocycles. The fraction of sp³-hybridized carbons (Fsp3) is 0.600. The highest BCUT2D eigenvalue weighted by Gasteiger charge is 2.26. The van der Waals surface area contributed by atoms with Crippen LogP contribution in [0, 0.1) is 0 Å². The molecule has 0 aromatic rings. The molecule has 5 heteroatoms. The van der Waals surface area contributed by atoms with E-state index in [9.17, 15) is 0 Å². The molecule has 3 nitrogen and oxygen atoms in total. The second-order valence-corrected chi connectivity index (χ2v) is 8.73. The second kappa shape index (κ2) is 2.90. The van der Waals surface area contributed by atoms with Crippen molar-refractivity contribution >= 4 is 16.9 Å². The molecule has 0 atom stereocenters. The zero-order valence-corrected chi connectivity index (χ0v) is 8.22. The van der Waals surface area contributed by atoms with Crippen molar-refractivity contribution in [2.45, 2.75) is 19.6 Å². The zero-order valence-electron chi connectivity index (χ0n) is 6.33. The van der Waals surface area contributed by atoms with Crippen LogP contribution in [0.4, 0.5) is 0 Å². The van der Waals surface area contributed by atoms with Crippen LogP contribution in [0.2, 0.25) is 19.6 Å². The molecule has 1 aliphatic heterocycles. The maximum atomic E-state index is 5.50. The van der Waals surface area contributed by atoms with Crippen molar-refractivity contribution < 1.29 is 13.3 Å². The molecule has 1 rings (SSSR count). The van der Waals surface area contributed by atoms with E-state index in [0.717, 1.165) is 0 Å². The predicted octanol–water partition coefficient (Wildman–Crippen LogP) is 2.58. The number of hydrogen-bond donors (Lipinski definition) is 0. The fourth-order valence-electron chi connectivity index (χ4n) is 0.441. The minimum atomic E-state index is -1.48. The van der Waals surface area contributed by atoms with Gasteiger partial charge in [-0.1, -0.05) is 0 Å². The van der Waals surface area contributed by atoms with Crippen LogP contribution in [0.15, 0.2) is 12.5 Å². The smallest absolute Gasteiger partial charge is 0.423 e. The summed E-state index contributed by atoms with van der Waals surface area (Å²) in [4.78, 5) is 0. The molecular formula is C5H11O3PSi. The van der Waals surface area contributed by atoms with E-state index < -0.39 is 16.9 Å². The molecule has 0 radical (unpaired) electrons. The van der Waals surface area contributed by atoms with Gasteiger partial charge in [0.05, 0.1) is 0 Å². The average molecular weight is 178 g/mol. The Labute approximate surface area is 63.1 Å². The van der Waals surface area contributed by atoms with Crippen molar-refractivity contribution in [2.24, 2.45) is 0 Å². The van der Waals surface area contributed by atoms with Crippen molar-refractivity contribution in [1.82, 2.24) is 0 Å². The first kappa shape index (κ1) is 8.05. The maximum Gasteiger partial charge on any atom is 0.451 e. The number of rotatable bonds is 2. The monoisotopic (exact) mass is 178 g/mol. The third-order valence-corrected chi connectivity index (χ3v) is 4.07. The highest BCUT2D eigenvalue weighted by Crippen LogP contribution is 2.46. The molecule has 10 heavy (non-hydrogen) atoms. The topological polar surface area (TPSA) is 27.7 Å². The van der Waals surface area contributed by atoms with Gasteiger partial charge in [0.2, 0.25) is 0 Å². The summed E-state index contributed by atoms with van der Waals surface area (Å²) in [6.07, 6.45) is 3.04. The summed E-state index contributed by atoms with van der Waals surface area (Å²) in [5.74, 6) is 0. The summed E-state index contributed by atoms with van der Waals surface area (Å²) in [6.45, 7) is 6.29. The Morgan fingerprint density at radius 2 is 1.70 bits per heavy atom. The summed E-state index contributed by atoms with van der Waals surface area (Å²) >= 11 is 0. The molecule has 0 aromatic carbocycles. The third kappa shape index (κ3) is 2.69. The lowest BCUT2D eigenvalue weighted by Gasteiger charge is -2.18. The molecule has 1 aliphatic rings. The second-order valence-electron chi connectivity index (χ2n) is 2.91. The summed E-state index contributed by atoms with van der Waals surface area (Å²) in [5, 5.41) is 0. The van der Waals surface area contributed by atoms with Crippen LogP contribution in [-0.4, -0.2) is 8.32 Å². The van der Waals surface area contributed by atoms with Gasteiger partial charge in [0.15, 0.2) is 8.32 Å². The van der Waals surface area contributed by atoms with Gasteiger partial charge in [0, 0.05) is 0 Å². The van der Waals surface area contributed by atoms with Crippen LogP contribution in [-0.2, 0) is 13.3 Å². The van der Waals surface area contributed by atoms with E-state index in [0.29, 0.717) is 0 Å². The lowest BCUT2D eigenvalue weighted by atomic mass is 11.1. The first-order valence-electron chi connectivity index (χ1n) is 3.06. The van der Waals surface area contributed by atoms with Crippen LogP contribution in [0.25, 0.3) is 0 Å². The Kier molecular flexibility index (Phi) is 2.34. The van der Waals surface area contributed by atoms with Crippen LogP contribution >= 0.6 is 8.60 Å². The molecule has 0 aromatic heterocycles. The quantitative estimate of drug-likeness (QED) is 0.480. The summed E-state index contributed by atoms with van der Waals surface area (Å²) in [6, 6.07) is 0. The highest BCUT2D eigenvalue weighted by molar-refractivity contribution is 7.44. The van der Waals surface area contributed by atoms with Gasteiger partial charge in [-0.3, -0.25) is 0 Å². The molecule has 58 valence electrons. The van der Waals surface area contributed by atoms with E-state index in [1.807, 2.05) is 0 Å². The standard InChI is InChI=1S/C5H11O3PSi/c1-10(2,3)8-9-6-4-5-7-9/h4-5H,1-3H3. The summed E-state index contributed by atoms with van der Waals surface area (Å²) < 4.78 is 15.5. The molecule has 0 unspecified atom stereocenters. The Morgan fingerprint density at radius 3 is 2.10 bits per heavy atom. The molecule has 0 aliphatic carbocycles. The minimum Gasteiger partial charge on any atom is -0.423 e. The van der Waals surface area contributed by atoms with Crippen molar-refractivity contribution in [3.63, 3.8) is 0 Å². The highest BCUT2D eigenvalue weighted by atomic mass is 31.2. The number of hydrogen-bond acceptors (Lipinski definition) is 3. The van der Waals surface area contributed by atoms with Gasteiger partial charge < -0.3 is 13.3 Å². The molecule has 0 bridgehead atoms. The van der Waals surface area contributed by atoms with Crippen LogP contribution in [0.5, 0.6) is 0 Å². The van der Waals surface area contributed by atoms with Gasteiger partial charge in [-0.05, 0) is 19.6 Å². The van der Waals surface area contributed by atoms with Crippen LogP contribution in [0.1, 0.15) is 0 Å². The lowest BCUT2D eigenvalue weighted by molar-refractivity contribution is 0.373. The van der Waals surface area contributed by atoms with Gasteiger partial charge in [0.25, 0.3) is 0 Å². The Balaban J connectivity index is 2.26. The molecule has 0 spiro atoms. The first-order valence-corrected chi connectivity index (χ1v) is 7.56. The van der Waals surface area contributed by atoms with Gasteiger partial charge in [-0.25, -0.2) is 0 Å². The van der Waals surface area contributed by atoms with Gasteiger partial charge in [-0.2, -0.15) is 0 Å². The molecule has 0 N–H and O–H groups in total. The van der Waals surface area contributed by atoms with Crippen molar-refractivity contribution in [3.05, 3.63) is 12.5 Å². The van der Waals surface area contributed by atoms with Crippen LogP contribution in [0.3, 0.4) is 0 Å². The minimum absolute atomic E-state index is 1.08. The van der Waals surface area contributed by atoms with Gasteiger partial charge in [-0.15, -0.1) is 0 Å². The fourth-order valence-corrected chi connectivity index (χ4v) is 2.92.